The van der Waals surface area contributed by atoms with Crippen LogP contribution in [0.5, 0.6) is 0 Å². The summed E-state index contributed by atoms with van der Waals surface area (Å²) >= 11 is 0. The van der Waals surface area contributed by atoms with E-state index in [0.717, 1.165) is 5.57 Å². The average Bonchev–Trinajstić information content (AvgIpc) is 2.61. The van der Waals surface area contributed by atoms with Crippen LogP contribution in [0.15, 0.2) is 48.8 Å². The minimum Gasteiger partial charge on any atom is -0.491 e. The van der Waals surface area contributed by atoms with Gasteiger partial charge in [-0.2, -0.15) is 0 Å². The van der Waals surface area contributed by atoms with Crippen LogP contribution in [0.4, 0.5) is 4.79 Å². The molecule has 1 fully saturated rings. The van der Waals surface area contributed by atoms with Gasteiger partial charge in [-0.1, -0.05) is 37.5 Å². The molecule has 1 amide bonds. The van der Waals surface area contributed by atoms with Crippen molar-refractivity contribution in [1.29, 1.82) is 0 Å². The van der Waals surface area contributed by atoms with Crippen molar-refractivity contribution in [3.05, 3.63) is 48.8 Å². The van der Waals surface area contributed by atoms with Gasteiger partial charge in [0.2, 0.25) is 0 Å². The highest BCUT2D eigenvalue weighted by Gasteiger charge is 2.29. The van der Waals surface area contributed by atoms with E-state index in [9.17, 15) is 9.59 Å². The lowest BCUT2D eigenvalue weighted by Crippen LogP contribution is -2.41. The molecule has 1 saturated heterocycles. The van der Waals surface area contributed by atoms with E-state index in [1.807, 2.05) is 26.0 Å². The highest BCUT2D eigenvalue weighted by Crippen LogP contribution is 2.21. The SMILES string of the molecule is C=C/C=C\C(=C/C)COC(=O)N1CCC(C(=O)C(=C)OCC)CC1. The highest BCUT2D eigenvalue weighted by atomic mass is 16.6. The Morgan fingerprint density at radius 1 is 1.25 bits per heavy atom. The van der Waals surface area contributed by atoms with Crippen LogP contribution in [0.2, 0.25) is 0 Å². The molecular formula is C19H27NO4. The first-order chi connectivity index (χ1) is 11.5. The minimum absolute atomic E-state index is 0.0596. The second kappa shape index (κ2) is 10.5. The number of ketones is 1. The molecule has 5 heteroatoms. The Balaban J connectivity index is 2.43. The van der Waals surface area contributed by atoms with Crippen molar-refractivity contribution < 1.29 is 19.1 Å². The Bertz CT molecular complexity index is 525. The molecule has 0 N–H and O–H groups in total. The molecule has 0 saturated carbocycles. The number of hydrogen-bond acceptors (Lipinski definition) is 4. The van der Waals surface area contributed by atoms with Crippen LogP contribution in [0, 0.1) is 5.92 Å². The van der Waals surface area contributed by atoms with Crippen molar-refractivity contribution in [1.82, 2.24) is 4.90 Å². The van der Waals surface area contributed by atoms with Gasteiger partial charge in [0.15, 0.2) is 11.5 Å². The highest BCUT2D eigenvalue weighted by molar-refractivity contribution is 5.94. The van der Waals surface area contributed by atoms with Crippen LogP contribution in [0.1, 0.15) is 26.7 Å². The molecule has 0 radical (unpaired) electrons. The van der Waals surface area contributed by atoms with Crippen LogP contribution in [-0.4, -0.2) is 43.1 Å². The molecule has 0 aromatic carbocycles. The number of hydrogen-bond donors (Lipinski definition) is 0. The molecule has 132 valence electrons. The lowest BCUT2D eigenvalue weighted by atomic mass is 9.92. The molecular weight excluding hydrogens is 306 g/mol. The Labute approximate surface area is 144 Å². The molecule has 1 heterocycles. The molecule has 0 aromatic rings. The number of nitrogens with zero attached hydrogens (tertiary/aromatic N) is 1. The lowest BCUT2D eigenvalue weighted by molar-refractivity contribution is -0.123. The van der Waals surface area contributed by atoms with Crippen molar-refractivity contribution in [2.24, 2.45) is 5.92 Å². The Hall–Kier alpha value is -2.30. The number of carbonyl (C=O) groups excluding carboxylic acids is 2. The molecule has 0 unspecified atom stereocenters. The van der Waals surface area contributed by atoms with Gasteiger partial charge in [0.05, 0.1) is 6.61 Å². The second-order valence-corrected chi connectivity index (χ2v) is 5.49. The van der Waals surface area contributed by atoms with E-state index in [1.54, 1.807) is 17.1 Å². The summed E-state index contributed by atoms with van der Waals surface area (Å²) in [6.07, 6.45) is 8.06. The quantitative estimate of drug-likeness (QED) is 0.386. The fourth-order valence-electron chi connectivity index (χ4n) is 2.45. The van der Waals surface area contributed by atoms with Crippen molar-refractivity contribution in [2.75, 3.05) is 26.3 Å². The van der Waals surface area contributed by atoms with Crippen LogP contribution < -0.4 is 0 Å². The van der Waals surface area contributed by atoms with E-state index in [1.165, 1.54) is 0 Å². The summed E-state index contributed by atoms with van der Waals surface area (Å²) < 4.78 is 10.5. The summed E-state index contributed by atoms with van der Waals surface area (Å²) in [4.78, 5) is 25.9. The molecule has 0 aromatic heterocycles. The van der Waals surface area contributed by atoms with E-state index < -0.39 is 0 Å². The van der Waals surface area contributed by atoms with E-state index in [2.05, 4.69) is 13.2 Å². The summed E-state index contributed by atoms with van der Waals surface area (Å²) in [6, 6.07) is 0. The Morgan fingerprint density at radius 2 is 1.92 bits per heavy atom. The fourth-order valence-corrected chi connectivity index (χ4v) is 2.45. The molecule has 0 bridgehead atoms. The summed E-state index contributed by atoms with van der Waals surface area (Å²) in [7, 11) is 0. The first-order valence-electron chi connectivity index (χ1n) is 8.25. The number of carbonyl (C=O) groups is 2. The zero-order chi connectivity index (χ0) is 17.9. The van der Waals surface area contributed by atoms with Gasteiger partial charge in [-0.25, -0.2) is 4.79 Å². The summed E-state index contributed by atoms with van der Waals surface area (Å²) in [5, 5.41) is 0. The number of ether oxygens (including phenoxy) is 2. The van der Waals surface area contributed by atoms with E-state index in [-0.39, 0.29) is 30.2 Å². The third-order valence-corrected chi connectivity index (χ3v) is 3.90. The van der Waals surface area contributed by atoms with Crippen molar-refractivity contribution >= 4 is 11.9 Å². The molecule has 1 aliphatic heterocycles. The van der Waals surface area contributed by atoms with E-state index in [0.29, 0.717) is 32.5 Å². The summed E-state index contributed by atoms with van der Waals surface area (Å²) in [5.74, 6) is 0.0237. The molecule has 0 spiro atoms. The van der Waals surface area contributed by atoms with Crippen LogP contribution in [-0.2, 0) is 14.3 Å². The van der Waals surface area contributed by atoms with Gasteiger partial charge in [-0.3, -0.25) is 4.79 Å². The first kappa shape index (κ1) is 19.7. The maximum atomic E-state index is 12.1. The second-order valence-electron chi connectivity index (χ2n) is 5.49. The molecule has 1 rings (SSSR count). The standard InChI is InChI=1S/C19H27NO4/c1-5-8-9-16(6-2)14-24-19(22)20-12-10-17(11-13-20)18(21)15(4)23-7-3/h5-6,8-9,17H,1,4,7,10-14H2,2-3H3/b9-8-,16-6+. The topological polar surface area (TPSA) is 55.8 Å². The number of likely N-dealkylation sites (tertiary alicyclic amines) is 1. The zero-order valence-corrected chi connectivity index (χ0v) is 14.6. The third-order valence-electron chi connectivity index (χ3n) is 3.90. The molecule has 0 aliphatic carbocycles. The van der Waals surface area contributed by atoms with Crippen molar-refractivity contribution in [2.45, 2.75) is 26.7 Å². The van der Waals surface area contributed by atoms with Crippen LogP contribution in [0.25, 0.3) is 0 Å². The normalized spacial score (nSPS) is 16.1. The van der Waals surface area contributed by atoms with E-state index in [4.69, 9.17) is 9.47 Å². The third kappa shape index (κ3) is 6.07. The van der Waals surface area contributed by atoms with Gasteiger partial charge in [0.1, 0.15) is 6.61 Å². The number of piperidine rings is 1. The van der Waals surface area contributed by atoms with Crippen LogP contribution in [0.3, 0.4) is 0 Å². The van der Waals surface area contributed by atoms with Gasteiger partial charge in [-0.05, 0) is 32.3 Å². The average molecular weight is 333 g/mol. The van der Waals surface area contributed by atoms with Gasteiger partial charge in [0, 0.05) is 19.0 Å². The number of allylic oxidation sites excluding steroid dienone is 4. The van der Waals surface area contributed by atoms with E-state index >= 15 is 0 Å². The molecule has 0 atom stereocenters. The summed E-state index contributed by atoms with van der Waals surface area (Å²) in [6.45, 7) is 12.6. The molecule has 5 nitrogen and oxygen atoms in total. The van der Waals surface area contributed by atoms with Crippen molar-refractivity contribution in [3.63, 3.8) is 0 Å². The van der Waals surface area contributed by atoms with Gasteiger partial charge in [0.25, 0.3) is 0 Å². The smallest absolute Gasteiger partial charge is 0.410 e. The largest absolute Gasteiger partial charge is 0.491 e. The number of amides is 1. The first-order valence-corrected chi connectivity index (χ1v) is 8.25. The molecule has 1 aliphatic rings. The lowest BCUT2D eigenvalue weighted by Gasteiger charge is -2.30. The monoisotopic (exact) mass is 333 g/mol. The maximum Gasteiger partial charge on any atom is 0.410 e. The fraction of sp³-hybridized carbons (Fsp3) is 0.474. The van der Waals surface area contributed by atoms with Gasteiger partial charge < -0.3 is 14.4 Å². The maximum absolute atomic E-state index is 12.1. The summed E-state index contributed by atoms with van der Waals surface area (Å²) in [5.41, 5.74) is 0.904. The Kier molecular flexibility index (Phi) is 8.61. The predicted molar refractivity (Wildman–Crippen MR) is 94.5 cm³/mol. The molecule has 24 heavy (non-hydrogen) atoms. The zero-order valence-electron chi connectivity index (χ0n) is 14.6. The number of rotatable bonds is 8. The van der Waals surface area contributed by atoms with Crippen LogP contribution >= 0.6 is 0 Å². The van der Waals surface area contributed by atoms with Crippen molar-refractivity contribution in [3.8, 4) is 0 Å². The van der Waals surface area contributed by atoms with Gasteiger partial charge >= 0.3 is 6.09 Å². The minimum atomic E-state index is -0.351. The predicted octanol–water partition coefficient (Wildman–Crippen LogP) is 3.64. The van der Waals surface area contributed by atoms with Gasteiger partial charge in [-0.15, -0.1) is 0 Å². The Morgan fingerprint density at radius 3 is 2.46 bits per heavy atom. The number of Topliss-reactive ketones (excluding diaryl/α,β-unsaturated/α-hetero) is 1.